The van der Waals surface area contributed by atoms with Gasteiger partial charge in [0.05, 0.1) is 0 Å². The summed E-state index contributed by atoms with van der Waals surface area (Å²) < 4.78 is 26.8. The molecule has 2 unspecified atom stereocenters. The lowest BCUT2D eigenvalue weighted by Gasteiger charge is -2.36. The number of rotatable bonds is 4. The van der Waals surface area contributed by atoms with Crippen molar-refractivity contribution < 1.29 is 8.42 Å². The van der Waals surface area contributed by atoms with E-state index in [-0.39, 0.29) is 0 Å². The first kappa shape index (κ1) is 14.0. The molecule has 0 radical (unpaired) electrons. The van der Waals surface area contributed by atoms with Crippen LogP contribution in [-0.2, 0) is 10.0 Å². The van der Waals surface area contributed by atoms with E-state index in [4.69, 9.17) is 0 Å². The summed E-state index contributed by atoms with van der Waals surface area (Å²) in [5, 5.41) is 5.23. The number of nitrogens with one attached hydrogen (secondary N) is 1. The van der Waals surface area contributed by atoms with Crippen molar-refractivity contribution in [1.82, 2.24) is 9.62 Å². The van der Waals surface area contributed by atoms with Gasteiger partial charge in [-0.1, -0.05) is 19.9 Å². The molecule has 1 fully saturated rings. The van der Waals surface area contributed by atoms with Crippen LogP contribution in [0.2, 0.25) is 0 Å². The molecule has 4 nitrogen and oxygen atoms in total. The van der Waals surface area contributed by atoms with E-state index >= 15 is 0 Å². The summed E-state index contributed by atoms with van der Waals surface area (Å²) in [5.74, 6) is 0.355. The molecular weight excluding hydrogens is 268 g/mol. The predicted octanol–water partition coefficient (Wildman–Crippen LogP) is 1.76. The Morgan fingerprint density at radius 3 is 2.89 bits per heavy atom. The van der Waals surface area contributed by atoms with Crippen molar-refractivity contribution in [2.75, 3.05) is 19.6 Å². The molecule has 0 aromatic carbocycles. The molecule has 1 aromatic heterocycles. The van der Waals surface area contributed by atoms with Crippen LogP contribution in [0, 0.1) is 5.92 Å². The minimum atomic E-state index is -3.27. The van der Waals surface area contributed by atoms with Gasteiger partial charge in [-0.15, -0.1) is 11.3 Å². The van der Waals surface area contributed by atoms with Crippen LogP contribution in [0.5, 0.6) is 0 Å². The second-order valence-corrected chi connectivity index (χ2v) is 7.84. The zero-order valence-electron chi connectivity index (χ0n) is 10.8. The van der Waals surface area contributed by atoms with Crippen molar-refractivity contribution in [1.29, 1.82) is 0 Å². The maximum Gasteiger partial charge on any atom is 0.252 e. The molecule has 1 aromatic rings. The summed E-state index contributed by atoms with van der Waals surface area (Å²) >= 11 is 1.29. The molecule has 2 rings (SSSR count). The molecule has 18 heavy (non-hydrogen) atoms. The van der Waals surface area contributed by atoms with E-state index in [0.29, 0.717) is 29.3 Å². The lowest BCUT2D eigenvalue weighted by molar-refractivity contribution is 0.223. The molecule has 1 aliphatic rings. The quantitative estimate of drug-likeness (QED) is 0.918. The average molecular weight is 288 g/mol. The van der Waals surface area contributed by atoms with Gasteiger partial charge in [0.1, 0.15) is 4.21 Å². The van der Waals surface area contributed by atoms with Gasteiger partial charge in [0.15, 0.2) is 0 Å². The Balaban J connectivity index is 2.09. The Labute approximate surface area is 113 Å². The highest BCUT2D eigenvalue weighted by molar-refractivity contribution is 7.91. The largest absolute Gasteiger partial charge is 0.314 e. The highest BCUT2D eigenvalue weighted by atomic mass is 32.2. The average Bonchev–Trinajstić information content (AvgIpc) is 2.86. The first-order chi connectivity index (χ1) is 8.55. The lowest BCUT2D eigenvalue weighted by Crippen LogP contribution is -2.49. The van der Waals surface area contributed by atoms with Crippen molar-refractivity contribution in [3.8, 4) is 0 Å². The Hall–Kier alpha value is -0.430. The summed E-state index contributed by atoms with van der Waals surface area (Å²) in [6, 6.07) is 3.90. The molecule has 0 amide bonds. The van der Waals surface area contributed by atoms with E-state index in [1.807, 2.05) is 5.38 Å². The maximum atomic E-state index is 12.4. The van der Waals surface area contributed by atoms with Crippen LogP contribution >= 0.6 is 11.3 Å². The molecule has 102 valence electrons. The molecule has 1 N–H and O–H groups in total. The van der Waals surface area contributed by atoms with Gasteiger partial charge in [0, 0.05) is 19.1 Å². The summed E-state index contributed by atoms with van der Waals surface area (Å²) in [6.07, 6.45) is 0.889. The van der Waals surface area contributed by atoms with E-state index in [2.05, 4.69) is 19.2 Å². The molecule has 0 saturated carbocycles. The zero-order chi connectivity index (χ0) is 13.2. The van der Waals surface area contributed by atoms with E-state index in [1.54, 1.807) is 16.4 Å². The number of sulfonamides is 1. The second-order valence-electron chi connectivity index (χ2n) is 4.73. The third kappa shape index (κ3) is 2.77. The van der Waals surface area contributed by atoms with Crippen molar-refractivity contribution in [3.05, 3.63) is 17.5 Å². The standard InChI is InChI=1S/C12H20N2O2S2/c1-3-13-11-6-7-14(9-10(11)2)18(15,16)12-5-4-8-17-12/h4-5,8,10-11,13H,3,6-7,9H2,1-2H3. The monoisotopic (exact) mass is 288 g/mol. The van der Waals surface area contributed by atoms with Crippen LogP contribution in [0.1, 0.15) is 20.3 Å². The van der Waals surface area contributed by atoms with Gasteiger partial charge < -0.3 is 5.32 Å². The molecule has 0 bridgehead atoms. The number of hydrogen-bond acceptors (Lipinski definition) is 4. The van der Waals surface area contributed by atoms with Gasteiger partial charge in [-0.2, -0.15) is 4.31 Å². The lowest BCUT2D eigenvalue weighted by atomic mass is 9.95. The van der Waals surface area contributed by atoms with Crippen LogP contribution in [0.25, 0.3) is 0 Å². The van der Waals surface area contributed by atoms with Crippen LogP contribution in [0.4, 0.5) is 0 Å². The first-order valence-corrected chi connectivity index (χ1v) is 8.64. The summed E-state index contributed by atoms with van der Waals surface area (Å²) in [6.45, 7) is 6.36. The van der Waals surface area contributed by atoms with Gasteiger partial charge >= 0.3 is 0 Å². The van der Waals surface area contributed by atoms with Gasteiger partial charge in [-0.3, -0.25) is 0 Å². The Bertz CT molecular complexity index is 470. The van der Waals surface area contributed by atoms with Crippen molar-refractivity contribution in [2.24, 2.45) is 5.92 Å². The predicted molar refractivity (Wildman–Crippen MR) is 74.3 cm³/mol. The van der Waals surface area contributed by atoms with Crippen LogP contribution < -0.4 is 5.32 Å². The molecular formula is C12H20N2O2S2. The number of thiophene rings is 1. The van der Waals surface area contributed by atoms with Crippen LogP contribution in [-0.4, -0.2) is 38.4 Å². The molecule has 6 heteroatoms. The smallest absolute Gasteiger partial charge is 0.252 e. The Kier molecular flexibility index (Phi) is 4.42. The molecule has 2 atom stereocenters. The van der Waals surface area contributed by atoms with E-state index in [0.717, 1.165) is 13.0 Å². The fraction of sp³-hybridized carbons (Fsp3) is 0.667. The fourth-order valence-electron chi connectivity index (χ4n) is 2.43. The number of piperidine rings is 1. The number of nitrogens with zero attached hydrogens (tertiary/aromatic N) is 1. The highest BCUT2D eigenvalue weighted by Gasteiger charge is 2.33. The Morgan fingerprint density at radius 2 is 2.33 bits per heavy atom. The topological polar surface area (TPSA) is 49.4 Å². The molecule has 1 aliphatic heterocycles. The minimum Gasteiger partial charge on any atom is -0.314 e. The van der Waals surface area contributed by atoms with E-state index in [9.17, 15) is 8.42 Å². The first-order valence-electron chi connectivity index (χ1n) is 6.32. The normalized spacial score (nSPS) is 26.3. The molecule has 0 aliphatic carbocycles. The third-order valence-corrected chi connectivity index (χ3v) is 6.66. The zero-order valence-corrected chi connectivity index (χ0v) is 12.4. The second kappa shape index (κ2) is 5.69. The minimum absolute atomic E-state index is 0.355. The van der Waals surface area contributed by atoms with Crippen molar-refractivity contribution >= 4 is 21.4 Å². The Morgan fingerprint density at radius 1 is 1.56 bits per heavy atom. The van der Waals surface area contributed by atoms with Crippen molar-refractivity contribution in [2.45, 2.75) is 30.5 Å². The highest BCUT2D eigenvalue weighted by Crippen LogP contribution is 2.26. The molecule has 1 saturated heterocycles. The SMILES string of the molecule is CCNC1CCN(S(=O)(=O)c2cccs2)CC1C. The van der Waals surface area contributed by atoms with Gasteiger partial charge in [0.25, 0.3) is 10.0 Å². The van der Waals surface area contributed by atoms with Gasteiger partial charge in [-0.05, 0) is 30.3 Å². The van der Waals surface area contributed by atoms with Crippen LogP contribution in [0.15, 0.2) is 21.7 Å². The third-order valence-electron chi connectivity index (χ3n) is 3.42. The summed E-state index contributed by atoms with van der Waals surface area (Å²) in [7, 11) is -3.27. The van der Waals surface area contributed by atoms with E-state index < -0.39 is 10.0 Å². The van der Waals surface area contributed by atoms with Crippen molar-refractivity contribution in [3.63, 3.8) is 0 Å². The van der Waals surface area contributed by atoms with Gasteiger partial charge in [-0.25, -0.2) is 8.42 Å². The van der Waals surface area contributed by atoms with E-state index in [1.165, 1.54) is 11.3 Å². The summed E-state index contributed by atoms with van der Waals surface area (Å²) in [4.78, 5) is 0. The molecule has 2 heterocycles. The maximum absolute atomic E-state index is 12.4. The van der Waals surface area contributed by atoms with Gasteiger partial charge in [0.2, 0.25) is 0 Å². The molecule has 0 spiro atoms. The van der Waals surface area contributed by atoms with Crippen LogP contribution in [0.3, 0.4) is 0 Å². The summed E-state index contributed by atoms with van der Waals surface area (Å²) in [5.41, 5.74) is 0. The number of hydrogen-bond donors (Lipinski definition) is 1. The fourth-order valence-corrected chi connectivity index (χ4v) is 5.13.